The van der Waals surface area contributed by atoms with Gasteiger partial charge in [-0.15, -0.1) is 0 Å². The minimum atomic E-state index is 0.464. The van der Waals surface area contributed by atoms with Crippen molar-refractivity contribution < 1.29 is 9.47 Å². The molecular formula is C22H34N4O2. The summed E-state index contributed by atoms with van der Waals surface area (Å²) in [7, 11) is 5.27. The molecule has 2 N–H and O–H groups in total. The number of benzene rings is 1. The molecule has 4 rings (SSSR count). The summed E-state index contributed by atoms with van der Waals surface area (Å²) in [6.45, 7) is 3.10. The van der Waals surface area contributed by atoms with Gasteiger partial charge in [-0.25, -0.2) is 0 Å². The molecule has 3 fully saturated rings. The van der Waals surface area contributed by atoms with E-state index in [9.17, 15) is 0 Å². The van der Waals surface area contributed by atoms with E-state index in [1.54, 1.807) is 14.2 Å². The lowest BCUT2D eigenvalue weighted by molar-refractivity contribution is 0.393. The van der Waals surface area contributed by atoms with Crippen molar-refractivity contribution in [2.45, 2.75) is 44.6 Å². The largest absolute Gasteiger partial charge is 0.497 e. The number of nitrogens with one attached hydrogen (secondary N) is 2. The molecular weight excluding hydrogens is 352 g/mol. The molecule has 0 bridgehead atoms. The molecule has 0 radical (unpaired) electrons. The molecule has 3 aliphatic rings. The number of guanidine groups is 1. The summed E-state index contributed by atoms with van der Waals surface area (Å²) in [5.41, 5.74) is 1.75. The van der Waals surface area contributed by atoms with Crippen molar-refractivity contribution >= 4 is 11.6 Å². The van der Waals surface area contributed by atoms with Gasteiger partial charge in [-0.3, -0.25) is 4.99 Å². The fourth-order valence-corrected chi connectivity index (χ4v) is 4.49. The number of methoxy groups -OCH3 is 2. The fourth-order valence-electron chi connectivity index (χ4n) is 4.49. The minimum absolute atomic E-state index is 0.464. The number of anilines is 1. The van der Waals surface area contributed by atoms with Gasteiger partial charge in [-0.05, 0) is 49.9 Å². The molecule has 1 saturated heterocycles. The van der Waals surface area contributed by atoms with Crippen LogP contribution in [0.4, 0.5) is 5.69 Å². The Morgan fingerprint density at radius 3 is 2.21 bits per heavy atom. The van der Waals surface area contributed by atoms with Crippen LogP contribution in [0.1, 0.15) is 38.5 Å². The summed E-state index contributed by atoms with van der Waals surface area (Å²) in [6.07, 6.45) is 7.83. The maximum absolute atomic E-state index is 5.41. The Hall–Kier alpha value is -2.11. The summed E-state index contributed by atoms with van der Waals surface area (Å²) in [5.74, 6) is 3.61. The number of piperidine rings is 1. The first-order valence-electron chi connectivity index (χ1n) is 10.6. The summed E-state index contributed by atoms with van der Waals surface area (Å²) >= 11 is 0. The van der Waals surface area contributed by atoms with E-state index in [0.29, 0.717) is 11.5 Å². The Morgan fingerprint density at radius 1 is 1.07 bits per heavy atom. The molecule has 6 nitrogen and oxygen atoms in total. The van der Waals surface area contributed by atoms with Crippen LogP contribution in [0.3, 0.4) is 0 Å². The molecule has 0 atom stereocenters. The maximum atomic E-state index is 5.41. The van der Waals surface area contributed by atoms with E-state index in [4.69, 9.17) is 9.47 Å². The zero-order chi connectivity index (χ0) is 19.6. The van der Waals surface area contributed by atoms with E-state index in [-0.39, 0.29) is 0 Å². The van der Waals surface area contributed by atoms with E-state index in [2.05, 4.69) is 32.7 Å². The number of hydrogen-bond donors (Lipinski definition) is 2. The Labute approximate surface area is 168 Å². The van der Waals surface area contributed by atoms with Crippen LogP contribution in [0.15, 0.2) is 23.2 Å². The molecule has 1 heterocycles. The van der Waals surface area contributed by atoms with E-state index in [0.717, 1.165) is 61.5 Å². The van der Waals surface area contributed by atoms with Crippen molar-refractivity contribution in [1.29, 1.82) is 0 Å². The molecule has 28 heavy (non-hydrogen) atoms. The second kappa shape index (κ2) is 8.10. The van der Waals surface area contributed by atoms with Crippen LogP contribution in [-0.4, -0.2) is 52.9 Å². The van der Waals surface area contributed by atoms with Crippen LogP contribution in [0, 0.1) is 11.3 Å². The fraction of sp³-hybridized carbons (Fsp3) is 0.682. The summed E-state index contributed by atoms with van der Waals surface area (Å²) in [5, 5.41) is 7.25. The topological polar surface area (TPSA) is 58.1 Å². The lowest BCUT2D eigenvalue weighted by atomic mass is 10.0. The van der Waals surface area contributed by atoms with E-state index in [1.165, 1.54) is 25.7 Å². The van der Waals surface area contributed by atoms with Crippen molar-refractivity contribution in [2.75, 3.05) is 45.8 Å². The van der Waals surface area contributed by atoms with Crippen LogP contribution in [-0.2, 0) is 0 Å². The van der Waals surface area contributed by atoms with Gasteiger partial charge >= 0.3 is 0 Å². The quantitative estimate of drug-likeness (QED) is 0.557. The summed E-state index contributed by atoms with van der Waals surface area (Å²) < 4.78 is 10.8. The Balaban J connectivity index is 1.27. The average molecular weight is 387 g/mol. The predicted octanol–water partition coefficient (Wildman–Crippen LogP) is 3.03. The van der Waals surface area contributed by atoms with Gasteiger partial charge in [0, 0.05) is 56.6 Å². The second-order valence-corrected chi connectivity index (χ2v) is 8.54. The second-order valence-electron chi connectivity index (χ2n) is 8.54. The third-order valence-electron chi connectivity index (χ3n) is 6.70. The van der Waals surface area contributed by atoms with Crippen LogP contribution in [0.5, 0.6) is 11.5 Å². The molecule has 1 aromatic carbocycles. The van der Waals surface area contributed by atoms with Crippen molar-refractivity contribution in [3.63, 3.8) is 0 Å². The van der Waals surface area contributed by atoms with Gasteiger partial charge < -0.3 is 25.0 Å². The number of rotatable bonds is 7. The number of nitrogens with zero attached hydrogens (tertiary/aromatic N) is 2. The molecule has 2 aliphatic carbocycles. The molecule has 154 valence electrons. The Kier molecular flexibility index (Phi) is 5.56. The normalized spacial score (nSPS) is 22.0. The van der Waals surface area contributed by atoms with E-state index in [1.807, 2.05) is 13.1 Å². The highest BCUT2D eigenvalue weighted by atomic mass is 16.5. The van der Waals surface area contributed by atoms with Gasteiger partial charge in [0.1, 0.15) is 11.5 Å². The van der Waals surface area contributed by atoms with Gasteiger partial charge in [0.2, 0.25) is 0 Å². The molecule has 1 aliphatic heterocycles. The predicted molar refractivity (Wildman–Crippen MR) is 114 cm³/mol. The third kappa shape index (κ3) is 4.31. The van der Waals surface area contributed by atoms with Gasteiger partial charge in [-0.1, -0.05) is 0 Å². The molecule has 1 aromatic rings. The van der Waals surface area contributed by atoms with Crippen LogP contribution < -0.4 is 25.0 Å². The van der Waals surface area contributed by atoms with Crippen molar-refractivity contribution in [1.82, 2.24) is 10.6 Å². The molecule has 2 saturated carbocycles. The molecule has 0 unspecified atom stereocenters. The molecule has 6 heteroatoms. The highest BCUT2D eigenvalue weighted by Crippen LogP contribution is 2.60. The molecule has 0 aromatic heterocycles. The maximum Gasteiger partial charge on any atom is 0.191 e. The lowest BCUT2D eigenvalue weighted by Gasteiger charge is -2.35. The Bertz CT molecular complexity index is 682. The van der Waals surface area contributed by atoms with Gasteiger partial charge in [-0.2, -0.15) is 0 Å². The lowest BCUT2D eigenvalue weighted by Crippen LogP contribution is -2.49. The van der Waals surface area contributed by atoms with Crippen LogP contribution >= 0.6 is 0 Å². The first kappa shape index (κ1) is 19.2. The number of ether oxygens (including phenoxy) is 2. The number of aliphatic imine (C=N–C) groups is 1. The monoisotopic (exact) mass is 386 g/mol. The van der Waals surface area contributed by atoms with Gasteiger partial charge in [0.25, 0.3) is 0 Å². The first-order valence-corrected chi connectivity index (χ1v) is 10.6. The van der Waals surface area contributed by atoms with E-state index < -0.39 is 0 Å². The van der Waals surface area contributed by atoms with Crippen LogP contribution in [0.2, 0.25) is 0 Å². The zero-order valence-corrected chi connectivity index (χ0v) is 17.5. The van der Waals surface area contributed by atoms with Crippen molar-refractivity contribution in [3.8, 4) is 11.5 Å². The van der Waals surface area contributed by atoms with E-state index >= 15 is 0 Å². The molecule has 0 spiro atoms. The summed E-state index contributed by atoms with van der Waals surface area (Å²) in [4.78, 5) is 6.87. The molecule has 0 amide bonds. The van der Waals surface area contributed by atoms with Crippen molar-refractivity contribution in [3.05, 3.63) is 18.2 Å². The summed E-state index contributed by atoms with van der Waals surface area (Å²) in [6, 6.07) is 6.56. The van der Waals surface area contributed by atoms with Gasteiger partial charge in [0.05, 0.1) is 14.2 Å². The Morgan fingerprint density at radius 2 is 1.71 bits per heavy atom. The third-order valence-corrected chi connectivity index (χ3v) is 6.70. The first-order chi connectivity index (χ1) is 13.7. The van der Waals surface area contributed by atoms with Crippen molar-refractivity contribution in [2.24, 2.45) is 16.3 Å². The number of hydrogen-bond acceptors (Lipinski definition) is 4. The zero-order valence-electron chi connectivity index (χ0n) is 17.5. The smallest absolute Gasteiger partial charge is 0.191 e. The highest BCUT2D eigenvalue weighted by Gasteiger charge is 2.53. The SMILES string of the molecule is CN=C(NCC1(C2CC2)CC1)NC1CCN(c2cc(OC)cc(OC)c2)CC1. The minimum Gasteiger partial charge on any atom is -0.497 e. The van der Waals surface area contributed by atoms with Gasteiger partial charge in [0.15, 0.2) is 5.96 Å². The standard InChI is InChI=1S/C22H34N4O2/c1-23-21(24-15-22(8-9-22)16-4-5-16)25-17-6-10-26(11-7-17)18-12-19(27-2)14-20(13-18)28-3/h12-14,16-17H,4-11,15H2,1-3H3,(H2,23,24,25). The highest BCUT2D eigenvalue weighted by molar-refractivity contribution is 5.80. The average Bonchev–Trinajstić information content (AvgIpc) is 3.64. The van der Waals surface area contributed by atoms with Crippen LogP contribution in [0.25, 0.3) is 0 Å².